The molecule has 1 aromatic carbocycles. The number of nitrogens with two attached hydrogens (primary N) is 1. The van der Waals surface area contributed by atoms with Crippen LogP contribution < -0.4 is 16.6 Å². The lowest BCUT2D eigenvalue weighted by Gasteiger charge is -2.14. The van der Waals surface area contributed by atoms with Gasteiger partial charge >= 0.3 is 0 Å². The second-order valence-corrected chi connectivity index (χ2v) is 4.47. The molecule has 0 atom stereocenters. The van der Waals surface area contributed by atoms with Gasteiger partial charge in [-0.3, -0.25) is 0 Å². The Morgan fingerprint density at radius 3 is 2.50 bits per heavy atom. The maximum atomic E-state index is 9.25. The molecular weight excluding hydrogens is 252 g/mol. The minimum absolute atomic E-state index is 0.561. The van der Waals surface area contributed by atoms with Gasteiger partial charge in [-0.2, -0.15) is 5.26 Å². The van der Waals surface area contributed by atoms with Crippen molar-refractivity contribution in [3.63, 3.8) is 0 Å². The summed E-state index contributed by atoms with van der Waals surface area (Å²) in [6.07, 6.45) is 0. The summed E-state index contributed by atoms with van der Waals surface area (Å²) in [6.45, 7) is 5.54. The van der Waals surface area contributed by atoms with Gasteiger partial charge in [-0.05, 0) is 32.4 Å². The Morgan fingerprint density at radius 1 is 1.15 bits per heavy atom. The fourth-order valence-corrected chi connectivity index (χ4v) is 1.94. The van der Waals surface area contributed by atoms with E-state index >= 15 is 0 Å². The summed E-state index contributed by atoms with van der Waals surface area (Å²) in [4.78, 5) is 8.56. The lowest BCUT2D eigenvalue weighted by molar-refractivity contribution is 1.03. The van der Waals surface area contributed by atoms with Crippen LogP contribution in [0.5, 0.6) is 0 Å². The van der Waals surface area contributed by atoms with Crippen molar-refractivity contribution in [1.82, 2.24) is 9.97 Å². The highest BCUT2D eigenvalue weighted by Gasteiger charge is 2.11. The maximum Gasteiger partial charge on any atom is 0.148 e. The van der Waals surface area contributed by atoms with E-state index in [2.05, 4.69) is 26.8 Å². The van der Waals surface area contributed by atoms with E-state index in [0.29, 0.717) is 23.0 Å². The van der Waals surface area contributed by atoms with E-state index in [0.717, 1.165) is 16.8 Å². The van der Waals surface area contributed by atoms with E-state index < -0.39 is 0 Å². The van der Waals surface area contributed by atoms with Gasteiger partial charge in [0.1, 0.15) is 23.5 Å². The summed E-state index contributed by atoms with van der Waals surface area (Å²) in [5.41, 5.74) is 5.58. The van der Waals surface area contributed by atoms with E-state index in [4.69, 9.17) is 5.84 Å². The van der Waals surface area contributed by atoms with Crippen LogP contribution >= 0.6 is 0 Å². The van der Waals surface area contributed by atoms with Gasteiger partial charge in [0.05, 0.1) is 11.3 Å². The molecule has 6 heteroatoms. The number of aromatic nitrogens is 2. The summed E-state index contributed by atoms with van der Waals surface area (Å²) in [5, 5.41) is 12.4. The molecule has 0 radical (unpaired) electrons. The molecule has 4 N–H and O–H groups in total. The van der Waals surface area contributed by atoms with Gasteiger partial charge in [-0.25, -0.2) is 15.8 Å². The molecule has 0 saturated heterocycles. The molecule has 1 heterocycles. The third kappa shape index (κ3) is 2.53. The van der Waals surface area contributed by atoms with Gasteiger partial charge in [0.25, 0.3) is 0 Å². The predicted molar refractivity (Wildman–Crippen MR) is 78.5 cm³/mol. The minimum atomic E-state index is 0.561. The topological polar surface area (TPSA) is 99.6 Å². The average Bonchev–Trinajstić information content (AvgIpc) is 2.42. The number of nitrogen functional groups attached to an aromatic ring is 1. The van der Waals surface area contributed by atoms with Crippen LogP contribution in [-0.2, 0) is 0 Å². The summed E-state index contributed by atoms with van der Waals surface area (Å²) in [7, 11) is 0. The number of benzene rings is 1. The van der Waals surface area contributed by atoms with Crippen LogP contribution in [-0.4, -0.2) is 9.97 Å². The Labute approximate surface area is 117 Å². The maximum absolute atomic E-state index is 9.25. The fourth-order valence-electron chi connectivity index (χ4n) is 1.94. The molecule has 0 aliphatic rings. The van der Waals surface area contributed by atoms with Gasteiger partial charge in [-0.15, -0.1) is 0 Å². The summed E-state index contributed by atoms with van der Waals surface area (Å²) in [5.74, 6) is 7.23. The monoisotopic (exact) mass is 268 g/mol. The summed E-state index contributed by atoms with van der Waals surface area (Å²) >= 11 is 0. The van der Waals surface area contributed by atoms with Crippen molar-refractivity contribution < 1.29 is 0 Å². The summed E-state index contributed by atoms with van der Waals surface area (Å²) in [6, 6.07) is 7.84. The SMILES string of the molecule is Cc1nc(NN)c(C)c(Nc2cccc(C)c2C#N)n1. The van der Waals surface area contributed by atoms with Crippen LogP contribution in [0.2, 0.25) is 0 Å². The standard InChI is InChI=1S/C14H16N6/c1-8-5-4-6-12(11(8)7-15)19-13-9(2)14(20-16)18-10(3)17-13/h4-6H,16H2,1-3H3,(H2,17,18,19,20). The molecule has 2 rings (SSSR count). The van der Waals surface area contributed by atoms with Crippen LogP contribution in [0.1, 0.15) is 22.5 Å². The van der Waals surface area contributed by atoms with Gasteiger partial charge < -0.3 is 10.7 Å². The molecule has 0 aliphatic heterocycles. The van der Waals surface area contributed by atoms with Gasteiger partial charge in [0.2, 0.25) is 0 Å². The predicted octanol–water partition coefficient (Wildman–Crippen LogP) is 2.30. The first-order valence-electron chi connectivity index (χ1n) is 6.15. The molecule has 0 aliphatic carbocycles. The van der Waals surface area contributed by atoms with Crippen LogP contribution in [0, 0.1) is 32.1 Å². The first-order chi connectivity index (χ1) is 9.56. The molecule has 20 heavy (non-hydrogen) atoms. The fraction of sp³-hybridized carbons (Fsp3) is 0.214. The quantitative estimate of drug-likeness (QED) is 0.583. The van der Waals surface area contributed by atoms with Crippen LogP contribution in [0.15, 0.2) is 18.2 Å². The Bertz CT molecular complexity index is 687. The number of nitriles is 1. The van der Waals surface area contributed by atoms with Crippen molar-refractivity contribution in [3.8, 4) is 6.07 Å². The first-order valence-corrected chi connectivity index (χ1v) is 6.15. The second-order valence-electron chi connectivity index (χ2n) is 4.47. The van der Waals surface area contributed by atoms with Gasteiger partial charge in [0, 0.05) is 5.56 Å². The number of nitrogens with zero attached hydrogens (tertiary/aromatic N) is 3. The lowest BCUT2D eigenvalue weighted by atomic mass is 10.1. The van der Waals surface area contributed by atoms with Crippen LogP contribution in [0.25, 0.3) is 0 Å². The zero-order valence-electron chi connectivity index (χ0n) is 11.7. The van der Waals surface area contributed by atoms with Crippen molar-refractivity contribution >= 4 is 17.3 Å². The van der Waals surface area contributed by atoms with Crippen molar-refractivity contribution in [2.24, 2.45) is 5.84 Å². The molecule has 0 saturated carbocycles. The largest absolute Gasteiger partial charge is 0.339 e. The van der Waals surface area contributed by atoms with Crippen molar-refractivity contribution in [2.45, 2.75) is 20.8 Å². The number of hydrazine groups is 1. The molecule has 102 valence electrons. The Morgan fingerprint density at radius 2 is 1.85 bits per heavy atom. The lowest BCUT2D eigenvalue weighted by Crippen LogP contribution is -2.13. The van der Waals surface area contributed by atoms with E-state index in [-0.39, 0.29) is 0 Å². The number of hydrogen-bond acceptors (Lipinski definition) is 6. The molecule has 0 unspecified atom stereocenters. The molecule has 1 aromatic heterocycles. The highest BCUT2D eigenvalue weighted by atomic mass is 15.3. The van der Waals surface area contributed by atoms with Crippen LogP contribution in [0.4, 0.5) is 17.3 Å². The Kier molecular flexibility index (Phi) is 3.82. The third-order valence-electron chi connectivity index (χ3n) is 3.03. The number of hydrogen-bond donors (Lipinski definition) is 3. The first kappa shape index (κ1) is 13.8. The van der Waals surface area contributed by atoms with Crippen molar-refractivity contribution in [1.29, 1.82) is 5.26 Å². The number of anilines is 3. The smallest absolute Gasteiger partial charge is 0.148 e. The highest BCUT2D eigenvalue weighted by molar-refractivity contribution is 5.70. The molecule has 6 nitrogen and oxygen atoms in total. The van der Waals surface area contributed by atoms with Gasteiger partial charge in [-0.1, -0.05) is 12.1 Å². The van der Waals surface area contributed by atoms with E-state index in [9.17, 15) is 5.26 Å². The van der Waals surface area contributed by atoms with Crippen molar-refractivity contribution in [3.05, 3.63) is 40.7 Å². The molecule has 2 aromatic rings. The number of aryl methyl sites for hydroxylation is 2. The molecule has 0 spiro atoms. The van der Waals surface area contributed by atoms with E-state index in [1.807, 2.05) is 32.0 Å². The van der Waals surface area contributed by atoms with Gasteiger partial charge in [0.15, 0.2) is 0 Å². The molecule has 0 amide bonds. The third-order valence-corrected chi connectivity index (χ3v) is 3.03. The number of rotatable bonds is 3. The van der Waals surface area contributed by atoms with Crippen LogP contribution in [0.3, 0.4) is 0 Å². The van der Waals surface area contributed by atoms with E-state index in [1.165, 1.54) is 0 Å². The zero-order valence-corrected chi connectivity index (χ0v) is 11.7. The minimum Gasteiger partial charge on any atom is -0.339 e. The van der Waals surface area contributed by atoms with E-state index in [1.54, 1.807) is 6.92 Å². The molecular formula is C14H16N6. The average molecular weight is 268 g/mol. The number of nitrogens with one attached hydrogen (secondary N) is 2. The summed E-state index contributed by atoms with van der Waals surface area (Å²) < 4.78 is 0. The van der Waals surface area contributed by atoms with Crippen molar-refractivity contribution in [2.75, 3.05) is 10.7 Å². The second kappa shape index (κ2) is 5.55. The Hall–Kier alpha value is -2.65. The zero-order chi connectivity index (χ0) is 14.7. The molecule has 0 bridgehead atoms. The highest BCUT2D eigenvalue weighted by Crippen LogP contribution is 2.26. The normalized spacial score (nSPS) is 9.95. The molecule has 0 fully saturated rings. The Balaban J connectivity index is 2.48.